The van der Waals surface area contributed by atoms with E-state index in [0.717, 1.165) is 50.2 Å². The van der Waals surface area contributed by atoms with E-state index in [4.69, 9.17) is 4.74 Å². The summed E-state index contributed by atoms with van der Waals surface area (Å²) < 4.78 is 6.88. The molecule has 1 aliphatic carbocycles. The molecule has 1 aromatic carbocycles. The molecule has 7 heteroatoms. The number of ether oxygens (including phenoxy) is 1. The molecule has 2 aromatic rings. The zero-order valence-corrected chi connectivity index (χ0v) is 18.7. The van der Waals surface area contributed by atoms with Gasteiger partial charge in [0.15, 0.2) is 0 Å². The maximum Gasteiger partial charge on any atom is 0.409 e. The number of likely N-dealkylation sites (N-methyl/N-ethyl adjacent to an activating group) is 2. The molecule has 29 heavy (non-hydrogen) atoms. The molecule has 3 heterocycles. The molecule has 0 bridgehead atoms. The van der Waals surface area contributed by atoms with Crippen molar-refractivity contribution in [1.82, 2.24) is 19.7 Å². The molecule has 2 saturated heterocycles. The van der Waals surface area contributed by atoms with Crippen LogP contribution in [0.15, 0.2) is 22.8 Å². The molecule has 1 N–H and O–H groups in total. The van der Waals surface area contributed by atoms with Gasteiger partial charge in [0.2, 0.25) is 0 Å². The van der Waals surface area contributed by atoms with Crippen molar-refractivity contribution in [3.05, 3.63) is 33.9 Å². The Morgan fingerprint density at radius 3 is 2.83 bits per heavy atom. The number of fused-ring (bicyclic) bond motifs is 2. The number of hydrogen-bond donors (Lipinski definition) is 1. The lowest BCUT2D eigenvalue weighted by molar-refractivity contribution is 0.0399. The van der Waals surface area contributed by atoms with Crippen LogP contribution in [0.1, 0.15) is 23.5 Å². The second kappa shape index (κ2) is 7.60. The Morgan fingerprint density at radius 2 is 2.03 bits per heavy atom. The summed E-state index contributed by atoms with van der Waals surface area (Å²) in [5.74, 6) is 0.858. The monoisotopic (exact) mass is 460 g/mol. The highest BCUT2D eigenvalue weighted by atomic mass is 79.9. The minimum atomic E-state index is -0.148. The van der Waals surface area contributed by atoms with Crippen LogP contribution in [0.2, 0.25) is 0 Å². The number of nitrogens with one attached hydrogen (secondary N) is 1. The molecule has 2 aliphatic heterocycles. The van der Waals surface area contributed by atoms with Gasteiger partial charge in [-0.05, 0) is 60.1 Å². The summed E-state index contributed by atoms with van der Waals surface area (Å²) >= 11 is 3.73. The van der Waals surface area contributed by atoms with E-state index in [2.05, 4.69) is 63.0 Å². The Hall–Kier alpha value is -1.57. The van der Waals surface area contributed by atoms with Crippen molar-refractivity contribution in [2.24, 2.45) is 5.92 Å². The van der Waals surface area contributed by atoms with Crippen LogP contribution in [0.3, 0.4) is 0 Å². The van der Waals surface area contributed by atoms with E-state index in [1.807, 2.05) is 4.90 Å². The molecular formula is C22H29BrN4O2. The Kier molecular flexibility index (Phi) is 5.08. The maximum atomic E-state index is 12.5. The Morgan fingerprint density at radius 1 is 1.24 bits per heavy atom. The maximum absolute atomic E-state index is 12.5. The fourth-order valence-electron chi connectivity index (χ4n) is 5.49. The fourth-order valence-corrected chi connectivity index (χ4v) is 6.06. The van der Waals surface area contributed by atoms with Crippen LogP contribution in [0.5, 0.6) is 0 Å². The second-order valence-corrected chi connectivity index (χ2v) is 9.77. The van der Waals surface area contributed by atoms with Gasteiger partial charge in [-0.15, -0.1) is 0 Å². The van der Waals surface area contributed by atoms with Crippen molar-refractivity contribution in [3.63, 3.8) is 0 Å². The van der Waals surface area contributed by atoms with Crippen LogP contribution in [0, 0.1) is 5.92 Å². The molecule has 3 aliphatic rings. The fraction of sp³-hybridized carbons (Fsp3) is 0.591. The number of amides is 1. The first-order valence-corrected chi connectivity index (χ1v) is 11.4. The number of nitrogens with zero attached hydrogens (tertiary/aromatic N) is 3. The summed E-state index contributed by atoms with van der Waals surface area (Å²) in [6, 6.07) is 7.11. The number of likely N-dealkylation sites (tertiary alicyclic amines) is 1. The number of piperidine rings is 1. The first-order valence-electron chi connectivity index (χ1n) is 10.6. The van der Waals surface area contributed by atoms with Gasteiger partial charge in [0.25, 0.3) is 0 Å². The van der Waals surface area contributed by atoms with Gasteiger partial charge >= 0.3 is 6.09 Å². The van der Waals surface area contributed by atoms with Crippen molar-refractivity contribution < 1.29 is 9.53 Å². The van der Waals surface area contributed by atoms with Crippen molar-refractivity contribution in [3.8, 4) is 0 Å². The molecule has 0 radical (unpaired) electrons. The number of H-pyrrole nitrogens is 1. The van der Waals surface area contributed by atoms with Gasteiger partial charge in [0.1, 0.15) is 0 Å². The first kappa shape index (κ1) is 19.4. The van der Waals surface area contributed by atoms with Gasteiger partial charge in [-0.1, -0.05) is 12.1 Å². The standard InChI is InChI=1S/C22H29BrN4O2/c1-25-6-8-27(9-7-25)22(28)29-13-14-10-16-15-4-3-5-18-20(15)17(21(23)24-18)11-19(16)26(2)12-14/h3-5,14,16,19,24H,6-13H2,1-2H3/t14?,16-,19-/m0/s1. The van der Waals surface area contributed by atoms with Crippen molar-refractivity contribution in [1.29, 1.82) is 0 Å². The summed E-state index contributed by atoms with van der Waals surface area (Å²) in [4.78, 5) is 22.6. The third-order valence-electron chi connectivity index (χ3n) is 7.09. The van der Waals surface area contributed by atoms with Gasteiger partial charge in [0, 0.05) is 61.5 Å². The number of benzene rings is 1. The summed E-state index contributed by atoms with van der Waals surface area (Å²) in [7, 11) is 4.31. The van der Waals surface area contributed by atoms with Crippen LogP contribution in [-0.2, 0) is 11.2 Å². The third kappa shape index (κ3) is 3.47. The number of halogens is 1. The summed E-state index contributed by atoms with van der Waals surface area (Å²) in [5.41, 5.74) is 4.07. The van der Waals surface area contributed by atoms with Crippen LogP contribution in [-0.4, -0.2) is 85.2 Å². The summed E-state index contributed by atoms with van der Waals surface area (Å²) in [5, 5.41) is 1.39. The number of carbonyl (C=O) groups is 1. The average molecular weight is 461 g/mol. The normalized spacial score (nSPS) is 27.8. The Labute approximate surface area is 180 Å². The van der Waals surface area contributed by atoms with E-state index in [9.17, 15) is 4.79 Å². The highest BCUT2D eigenvalue weighted by Gasteiger charge is 2.40. The number of piperazine rings is 1. The van der Waals surface area contributed by atoms with Crippen LogP contribution < -0.4 is 0 Å². The third-order valence-corrected chi connectivity index (χ3v) is 7.77. The minimum absolute atomic E-state index is 0.148. The molecule has 6 nitrogen and oxygen atoms in total. The number of aromatic nitrogens is 1. The van der Waals surface area contributed by atoms with Gasteiger partial charge in [-0.2, -0.15) is 0 Å². The van der Waals surface area contributed by atoms with Crippen molar-refractivity contribution >= 4 is 32.9 Å². The molecule has 1 aromatic heterocycles. The molecule has 0 spiro atoms. The quantitative estimate of drug-likeness (QED) is 0.746. The van der Waals surface area contributed by atoms with Gasteiger partial charge in [-0.25, -0.2) is 4.79 Å². The smallest absolute Gasteiger partial charge is 0.409 e. The molecular weight excluding hydrogens is 432 g/mol. The topological polar surface area (TPSA) is 51.8 Å². The van der Waals surface area contributed by atoms with E-state index in [0.29, 0.717) is 24.5 Å². The second-order valence-electron chi connectivity index (χ2n) is 8.97. The van der Waals surface area contributed by atoms with Crippen molar-refractivity contribution in [2.45, 2.75) is 24.8 Å². The van der Waals surface area contributed by atoms with E-state index < -0.39 is 0 Å². The largest absolute Gasteiger partial charge is 0.449 e. The first-order chi connectivity index (χ1) is 14.0. The lowest BCUT2D eigenvalue weighted by Gasteiger charge is -2.45. The highest BCUT2D eigenvalue weighted by molar-refractivity contribution is 9.10. The number of carbonyl (C=O) groups excluding carboxylic acids is 1. The molecule has 156 valence electrons. The zero-order valence-electron chi connectivity index (χ0n) is 17.2. The summed E-state index contributed by atoms with van der Waals surface area (Å²) in [6.45, 7) is 4.85. The average Bonchev–Trinajstić information content (AvgIpc) is 3.04. The predicted molar refractivity (Wildman–Crippen MR) is 117 cm³/mol. The van der Waals surface area contributed by atoms with Crippen molar-refractivity contribution in [2.75, 3.05) is 53.4 Å². The zero-order chi connectivity index (χ0) is 20.1. The van der Waals surface area contributed by atoms with Crippen LogP contribution in [0.4, 0.5) is 4.79 Å². The SMILES string of the molecule is CN1CCN(C(=O)OCC2C[C@H]3c4cccc5[nH]c(Br)c(c45)C[C@@H]3N(C)C2)CC1. The van der Waals surface area contributed by atoms with E-state index >= 15 is 0 Å². The number of rotatable bonds is 2. The van der Waals surface area contributed by atoms with Crippen LogP contribution in [0.25, 0.3) is 10.9 Å². The number of aromatic amines is 1. The van der Waals surface area contributed by atoms with E-state index in [1.54, 1.807) is 0 Å². The van der Waals surface area contributed by atoms with Gasteiger partial charge in [-0.3, -0.25) is 0 Å². The predicted octanol–water partition coefficient (Wildman–Crippen LogP) is 3.27. The van der Waals surface area contributed by atoms with E-state index in [1.165, 1.54) is 22.0 Å². The van der Waals surface area contributed by atoms with Gasteiger partial charge in [0.05, 0.1) is 11.2 Å². The molecule has 2 fully saturated rings. The molecule has 1 unspecified atom stereocenters. The summed E-state index contributed by atoms with van der Waals surface area (Å²) in [6.07, 6.45) is 1.99. The van der Waals surface area contributed by atoms with Gasteiger partial charge < -0.3 is 24.4 Å². The Bertz CT molecular complexity index is 921. The minimum Gasteiger partial charge on any atom is -0.449 e. The van der Waals surface area contributed by atoms with E-state index in [-0.39, 0.29) is 6.09 Å². The lowest BCUT2D eigenvalue weighted by atomic mass is 9.72. The number of hydrogen-bond acceptors (Lipinski definition) is 4. The molecule has 3 atom stereocenters. The lowest BCUT2D eigenvalue weighted by Crippen LogP contribution is -2.50. The molecule has 5 rings (SSSR count). The Balaban J connectivity index is 1.30. The molecule has 1 amide bonds. The van der Waals surface area contributed by atoms with Crippen LogP contribution >= 0.6 is 15.9 Å². The molecule has 0 saturated carbocycles. The highest BCUT2D eigenvalue weighted by Crippen LogP contribution is 2.46.